The van der Waals surface area contributed by atoms with Crippen molar-refractivity contribution in [2.24, 2.45) is 0 Å². The molecule has 0 fully saturated rings. The van der Waals surface area contributed by atoms with Crippen LogP contribution in [0, 0.1) is 13.8 Å². The third kappa shape index (κ3) is 3.05. The Morgan fingerprint density at radius 3 is 2.79 bits per heavy atom. The number of aromatic nitrogens is 1. The molecule has 2 aromatic heterocycles. The second-order valence-electron chi connectivity index (χ2n) is 4.98. The Labute approximate surface area is 116 Å². The topological polar surface area (TPSA) is 65.1 Å². The molecule has 1 atom stereocenters. The molecule has 0 spiro atoms. The summed E-state index contributed by atoms with van der Waals surface area (Å²) in [5.74, 6) is -0.193. The highest BCUT2D eigenvalue weighted by Crippen LogP contribution is 2.22. The second kappa shape index (κ2) is 5.19. The Hall–Kier alpha value is -1.59. The van der Waals surface area contributed by atoms with Gasteiger partial charge in [-0.2, -0.15) is 11.3 Å². The van der Waals surface area contributed by atoms with Crippen LogP contribution in [0.15, 0.2) is 22.9 Å². The lowest BCUT2D eigenvalue weighted by atomic mass is 9.99. The number of H-pyrrole nitrogens is 1. The standard InChI is InChI=1S/C14H18N2O2S/c1-9-6-10(2)16-12(9)13(17)15-8-14(3,18)11-4-5-19-7-11/h4-7,16,18H,8H2,1-3H3,(H,15,17). The molecule has 0 aliphatic rings. The van der Waals surface area contributed by atoms with Crippen LogP contribution in [-0.2, 0) is 5.60 Å². The molecular formula is C14H18N2O2S. The van der Waals surface area contributed by atoms with Gasteiger partial charge in [0.15, 0.2) is 0 Å². The molecule has 2 aromatic rings. The van der Waals surface area contributed by atoms with Gasteiger partial charge >= 0.3 is 0 Å². The zero-order valence-electron chi connectivity index (χ0n) is 11.3. The van der Waals surface area contributed by atoms with Crippen LogP contribution in [-0.4, -0.2) is 22.5 Å². The van der Waals surface area contributed by atoms with Crippen LogP contribution < -0.4 is 5.32 Å². The predicted molar refractivity (Wildman–Crippen MR) is 76.5 cm³/mol. The number of amides is 1. The van der Waals surface area contributed by atoms with Crippen molar-refractivity contribution < 1.29 is 9.90 Å². The number of hydrogen-bond acceptors (Lipinski definition) is 3. The molecule has 1 unspecified atom stereocenters. The summed E-state index contributed by atoms with van der Waals surface area (Å²) in [6.07, 6.45) is 0. The van der Waals surface area contributed by atoms with Gasteiger partial charge in [-0.15, -0.1) is 0 Å². The van der Waals surface area contributed by atoms with Gasteiger partial charge in [0.1, 0.15) is 11.3 Å². The Morgan fingerprint density at radius 1 is 1.53 bits per heavy atom. The molecule has 0 saturated carbocycles. The van der Waals surface area contributed by atoms with E-state index in [0.717, 1.165) is 16.8 Å². The van der Waals surface area contributed by atoms with Crippen LogP contribution in [0.5, 0.6) is 0 Å². The number of hydrogen-bond donors (Lipinski definition) is 3. The van der Waals surface area contributed by atoms with Gasteiger partial charge in [-0.05, 0) is 54.8 Å². The molecule has 4 nitrogen and oxygen atoms in total. The molecule has 0 bridgehead atoms. The number of aliphatic hydroxyl groups is 1. The van der Waals surface area contributed by atoms with E-state index in [0.29, 0.717) is 5.69 Å². The monoisotopic (exact) mass is 278 g/mol. The molecule has 0 saturated heterocycles. The summed E-state index contributed by atoms with van der Waals surface area (Å²) in [7, 11) is 0. The van der Waals surface area contributed by atoms with Crippen molar-refractivity contribution in [3.63, 3.8) is 0 Å². The third-order valence-electron chi connectivity index (χ3n) is 3.11. The van der Waals surface area contributed by atoms with Crippen LogP contribution in [0.25, 0.3) is 0 Å². The van der Waals surface area contributed by atoms with Crippen molar-refractivity contribution in [2.75, 3.05) is 6.54 Å². The lowest BCUT2D eigenvalue weighted by Crippen LogP contribution is -2.38. The van der Waals surface area contributed by atoms with Crippen LogP contribution in [0.3, 0.4) is 0 Å². The largest absolute Gasteiger partial charge is 0.384 e. The first-order chi connectivity index (χ1) is 8.90. The maximum atomic E-state index is 12.0. The second-order valence-corrected chi connectivity index (χ2v) is 5.76. The molecule has 0 aromatic carbocycles. The van der Waals surface area contributed by atoms with Gasteiger partial charge in [-0.3, -0.25) is 4.79 Å². The van der Waals surface area contributed by atoms with Crippen molar-refractivity contribution in [3.8, 4) is 0 Å². The summed E-state index contributed by atoms with van der Waals surface area (Å²) in [6, 6.07) is 3.78. The minimum absolute atomic E-state index is 0.181. The van der Waals surface area contributed by atoms with Gasteiger partial charge in [0.25, 0.3) is 5.91 Å². The number of carbonyl (C=O) groups is 1. The number of aromatic amines is 1. The molecule has 1 amide bonds. The van der Waals surface area contributed by atoms with Crippen LogP contribution in [0.2, 0.25) is 0 Å². The minimum atomic E-state index is -1.05. The van der Waals surface area contributed by atoms with E-state index < -0.39 is 5.60 Å². The van der Waals surface area contributed by atoms with E-state index in [1.165, 1.54) is 11.3 Å². The summed E-state index contributed by atoms with van der Waals surface area (Å²) in [6.45, 7) is 5.67. The number of thiophene rings is 1. The van der Waals surface area contributed by atoms with Gasteiger partial charge in [-0.1, -0.05) is 0 Å². The van der Waals surface area contributed by atoms with Gasteiger partial charge in [0.05, 0.1) is 6.54 Å². The van der Waals surface area contributed by atoms with Gasteiger partial charge in [0, 0.05) is 5.69 Å². The smallest absolute Gasteiger partial charge is 0.268 e. The van der Waals surface area contributed by atoms with Gasteiger partial charge < -0.3 is 15.4 Å². The molecule has 0 radical (unpaired) electrons. The SMILES string of the molecule is Cc1cc(C)c(C(=O)NCC(C)(O)c2ccsc2)[nH]1. The van der Waals surface area contributed by atoms with Crippen LogP contribution >= 0.6 is 11.3 Å². The van der Waals surface area contributed by atoms with E-state index in [-0.39, 0.29) is 12.5 Å². The average Bonchev–Trinajstić information content (AvgIpc) is 2.96. The van der Waals surface area contributed by atoms with E-state index in [1.54, 1.807) is 6.92 Å². The Kier molecular flexibility index (Phi) is 3.78. The van der Waals surface area contributed by atoms with Crippen LogP contribution in [0.4, 0.5) is 0 Å². The summed E-state index contributed by atoms with van der Waals surface area (Å²) >= 11 is 1.52. The summed E-state index contributed by atoms with van der Waals surface area (Å²) in [4.78, 5) is 15.1. The van der Waals surface area contributed by atoms with Crippen molar-refractivity contribution in [2.45, 2.75) is 26.4 Å². The first-order valence-corrected chi connectivity index (χ1v) is 7.04. The van der Waals surface area contributed by atoms with E-state index >= 15 is 0 Å². The first-order valence-electron chi connectivity index (χ1n) is 6.09. The van der Waals surface area contributed by atoms with Crippen molar-refractivity contribution >= 4 is 17.2 Å². The van der Waals surface area contributed by atoms with E-state index in [2.05, 4.69) is 10.3 Å². The molecule has 102 valence electrons. The minimum Gasteiger partial charge on any atom is -0.384 e. The summed E-state index contributed by atoms with van der Waals surface area (Å²) < 4.78 is 0. The first kappa shape index (κ1) is 13.8. The number of nitrogens with one attached hydrogen (secondary N) is 2. The number of carbonyl (C=O) groups excluding carboxylic acids is 1. The normalized spacial score (nSPS) is 14.1. The molecular weight excluding hydrogens is 260 g/mol. The highest BCUT2D eigenvalue weighted by Gasteiger charge is 2.25. The highest BCUT2D eigenvalue weighted by molar-refractivity contribution is 7.08. The van der Waals surface area contributed by atoms with Gasteiger partial charge in [-0.25, -0.2) is 0 Å². The maximum absolute atomic E-state index is 12.0. The molecule has 0 aliphatic carbocycles. The van der Waals surface area contributed by atoms with Crippen molar-refractivity contribution in [1.82, 2.24) is 10.3 Å². The maximum Gasteiger partial charge on any atom is 0.268 e. The van der Waals surface area contributed by atoms with E-state index in [4.69, 9.17) is 0 Å². The molecule has 0 aliphatic heterocycles. The fourth-order valence-electron chi connectivity index (χ4n) is 1.98. The van der Waals surface area contributed by atoms with Gasteiger partial charge in [0.2, 0.25) is 0 Å². The highest BCUT2D eigenvalue weighted by atomic mass is 32.1. The Morgan fingerprint density at radius 2 is 2.26 bits per heavy atom. The number of aryl methyl sites for hydroxylation is 2. The molecule has 19 heavy (non-hydrogen) atoms. The molecule has 2 rings (SSSR count). The third-order valence-corrected chi connectivity index (χ3v) is 3.80. The van der Waals surface area contributed by atoms with Crippen molar-refractivity contribution in [1.29, 1.82) is 0 Å². The lowest BCUT2D eigenvalue weighted by molar-refractivity contribution is 0.0528. The Balaban J connectivity index is 2.03. The van der Waals surface area contributed by atoms with Crippen molar-refractivity contribution in [3.05, 3.63) is 45.4 Å². The summed E-state index contributed by atoms with van der Waals surface area (Å²) in [5.41, 5.74) is 2.18. The molecule has 5 heteroatoms. The number of rotatable bonds is 4. The molecule has 3 N–H and O–H groups in total. The Bertz CT molecular complexity index is 570. The fourth-order valence-corrected chi connectivity index (χ4v) is 2.76. The quantitative estimate of drug-likeness (QED) is 0.803. The lowest BCUT2D eigenvalue weighted by Gasteiger charge is -2.22. The van der Waals surface area contributed by atoms with Crippen LogP contribution in [0.1, 0.15) is 34.2 Å². The fraction of sp³-hybridized carbons (Fsp3) is 0.357. The predicted octanol–water partition coefficient (Wildman–Crippen LogP) is 2.33. The zero-order chi connectivity index (χ0) is 14.0. The zero-order valence-corrected chi connectivity index (χ0v) is 12.1. The van der Waals surface area contributed by atoms with E-state index in [1.807, 2.05) is 36.7 Å². The average molecular weight is 278 g/mol. The summed E-state index contributed by atoms with van der Waals surface area (Å²) in [5, 5.41) is 16.9. The molecule has 2 heterocycles. The van der Waals surface area contributed by atoms with E-state index in [9.17, 15) is 9.90 Å².